The summed E-state index contributed by atoms with van der Waals surface area (Å²) in [5, 5.41) is 11.3. The second-order valence-corrected chi connectivity index (χ2v) is 3.85. The van der Waals surface area contributed by atoms with Gasteiger partial charge in [0.2, 0.25) is 0 Å². The molecule has 0 saturated carbocycles. The van der Waals surface area contributed by atoms with Gasteiger partial charge in [-0.05, 0) is 13.0 Å². The smallest absolute Gasteiger partial charge is 0.345 e. The Bertz CT molecular complexity index is 475. The van der Waals surface area contributed by atoms with Crippen molar-refractivity contribution >= 4 is 27.6 Å². The summed E-state index contributed by atoms with van der Waals surface area (Å²) >= 11 is 3.15. The standard InChI is InChI=1S/C11H12BrNO5/c1-3-18-11(14)9-5-8(17-2)4-7(6-12)10(9)13(15)16/h4-5H,3,6H2,1-2H3. The van der Waals surface area contributed by atoms with Crippen LogP contribution in [0.5, 0.6) is 5.75 Å². The number of halogens is 1. The number of esters is 1. The van der Waals surface area contributed by atoms with Crippen LogP contribution in [0.1, 0.15) is 22.8 Å². The zero-order chi connectivity index (χ0) is 13.7. The van der Waals surface area contributed by atoms with Crippen LogP contribution in [-0.2, 0) is 10.1 Å². The highest BCUT2D eigenvalue weighted by Gasteiger charge is 2.26. The van der Waals surface area contributed by atoms with Crippen LogP contribution in [0.2, 0.25) is 0 Å². The fourth-order valence-electron chi connectivity index (χ4n) is 1.47. The third kappa shape index (κ3) is 2.98. The molecule has 6 nitrogen and oxygen atoms in total. The van der Waals surface area contributed by atoms with Crippen LogP contribution in [0.4, 0.5) is 5.69 Å². The average molecular weight is 318 g/mol. The lowest BCUT2D eigenvalue weighted by Gasteiger charge is -2.08. The molecule has 0 fully saturated rings. The van der Waals surface area contributed by atoms with E-state index >= 15 is 0 Å². The monoisotopic (exact) mass is 317 g/mol. The molecule has 0 unspecified atom stereocenters. The summed E-state index contributed by atoms with van der Waals surface area (Å²) in [4.78, 5) is 22.2. The van der Waals surface area contributed by atoms with E-state index in [0.717, 1.165) is 0 Å². The number of hydrogen-bond donors (Lipinski definition) is 0. The van der Waals surface area contributed by atoms with Crippen molar-refractivity contribution < 1.29 is 19.2 Å². The highest BCUT2D eigenvalue weighted by molar-refractivity contribution is 9.08. The van der Waals surface area contributed by atoms with Crippen molar-refractivity contribution in [3.05, 3.63) is 33.4 Å². The van der Waals surface area contributed by atoms with E-state index in [1.807, 2.05) is 0 Å². The van der Waals surface area contributed by atoms with Gasteiger partial charge in [0.05, 0.1) is 18.6 Å². The van der Waals surface area contributed by atoms with Gasteiger partial charge in [-0.25, -0.2) is 4.79 Å². The number of carbonyl (C=O) groups excluding carboxylic acids is 1. The van der Waals surface area contributed by atoms with E-state index in [-0.39, 0.29) is 23.2 Å². The summed E-state index contributed by atoms with van der Waals surface area (Å²) in [7, 11) is 1.42. The maximum absolute atomic E-state index is 11.7. The third-order valence-electron chi connectivity index (χ3n) is 2.22. The van der Waals surface area contributed by atoms with Crippen molar-refractivity contribution in [2.45, 2.75) is 12.3 Å². The summed E-state index contributed by atoms with van der Waals surface area (Å²) in [6, 6.07) is 2.82. The first-order chi connectivity index (χ1) is 8.54. The van der Waals surface area contributed by atoms with Crippen LogP contribution >= 0.6 is 15.9 Å². The maximum Gasteiger partial charge on any atom is 0.345 e. The number of rotatable bonds is 5. The molecule has 0 saturated heterocycles. The Hall–Kier alpha value is -1.63. The number of alkyl halides is 1. The second-order valence-electron chi connectivity index (χ2n) is 3.29. The molecule has 0 aliphatic rings. The van der Waals surface area contributed by atoms with Crippen LogP contribution in [-0.4, -0.2) is 24.6 Å². The number of carbonyl (C=O) groups is 1. The van der Waals surface area contributed by atoms with Gasteiger partial charge in [0, 0.05) is 17.0 Å². The molecular weight excluding hydrogens is 306 g/mol. The Morgan fingerprint density at radius 2 is 2.17 bits per heavy atom. The largest absolute Gasteiger partial charge is 0.497 e. The molecule has 1 aromatic carbocycles. The van der Waals surface area contributed by atoms with Crippen LogP contribution in [0, 0.1) is 10.1 Å². The van der Waals surface area contributed by atoms with E-state index in [0.29, 0.717) is 11.3 Å². The molecule has 0 spiro atoms. The molecule has 0 aliphatic heterocycles. The van der Waals surface area contributed by atoms with Crippen LogP contribution < -0.4 is 4.74 Å². The van der Waals surface area contributed by atoms with Crippen LogP contribution in [0.15, 0.2) is 12.1 Å². The summed E-state index contributed by atoms with van der Waals surface area (Å²) in [6.45, 7) is 1.78. The highest BCUT2D eigenvalue weighted by atomic mass is 79.9. The van der Waals surface area contributed by atoms with E-state index in [2.05, 4.69) is 15.9 Å². The van der Waals surface area contributed by atoms with Gasteiger partial charge in [-0.3, -0.25) is 10.1 Å². The molecule has 0 aromatic heterocycles. The first-order valence-electron chi connectivity index (χ1n) is 5.13. The number of nitro benzene ring substituents is 1. The van der Waals surface area contributed by atoms with Crippen molar-refractivity contribution in [2.24, 2.45) is 0 Å². The summed E-state index contributed by atoms with van der Waals surface area (Å²) in [5.74, 6) is -0.358. The zero-order valence-electron chi connectivity index (χ0n) is 9.94. The van der Waals surface area contributed by atoms with Crippen LogP contribution in [0.3, 0.4) is 0 Å². The molecule has 98 valence electrons. The summed E-state index contributed by atoms with van der Waals surface area (Å²) < 4.78 is 9.81. The molecule has 0 aliphatic carbocycles. The minimum Gasteiger partial charge on any atom is -0.497 e. The lowest BCUT2D eigenvalue weighted by atomic mass is 10.1. The second kappa shape index (κ2) is 6.34. The topological polar surface area (TPSA) is 78.7 Å². The molecule has 18 heavy (non-hydrogen) atoms. The van der Waals surface area contributed by atoms with Gasteiger partial charge in [-0.15, -0.1) is 0 Å². The van der Waals surface area contributed by atoms with Gasteiger partial charge in [0.1, 0.15) is 11.3 Å². The van der Waals surface area contributed by atoms with Crippen molar-refractivity contribution in [1.29, 1.82) is 0 Å². The van der Waals surface area contributed by atoms with Gasteiger partial charge in [0.15, 0.2) is 0 Å². The van der Waals surface area contributed by atoms with Gasteiger partial charge < -0.3 is 9.47 Å². The quantitative estimate of drug-likeness (QED) is 0.361. The molecular formula is C11H12BrNO5. The molecule has 0 bridgehead atoms. The van der Waals surface area contributed by atoms with Gasteiger partial charge in [-0.1, -0.05) is 15.9 Å². The minimum atomic E-state index is -0.731. The number of ether oxygens (including phenoxy) is 2. The molecule has 7 heteroatoms. The number of benzene rings is 1. The molecule has 0 radical (unpaired) electrons. The fourth-order valence-corrected chi connectivity index (χ4v) is 1.89. The van der Waals surface area contributed by atoms with Crippen molar-refractivity contribution in [3.8, 4) is 5.75 Å². The normalized spacial score (nSPS) is 9.94. The molecule has 0 heterocycles. The first-order valence-corrected chi connectivity index (χ1v) is 6.25. The molecule has 1 rings (SSSR count). The fraction of sp³-hybridized carbons (Fsp3) is 0.364. The predicted molar refractivity (Wildman–Crippen MR) is 68.2 cm³/mol. The lowest BCUT2D eigenvalue weighted by Crippen LogP contribution is -2.10. The third-order valence-corrected chi connectivity index (χ3v) is 2.82. The van der Waals surface area contributed by atoms with Gasteiger partial charge in [-0.2, -0.15) is 0 Å². The van der Waals surface area contributed by atoms with Gasteiger partial charge in [0.25, 0.3) is 5.69 Å². The van der Waals surface area contributed by atoms with E-state index in [9.17, 15) is 14.9 Å². The number of nitro groups is 1. The number of nitrogens with zero attached hydrogens (tertiary/aromatic N) is 1. The highest BCUT2D eigenvalue weighted by Crippen LogP contribution is 2.31. The molecule has 1 aromatic rings. The van der Waals surface area contributed by atoms with Crippen LogP contribution in [0.25, 0.3) is 0 Å². The molecule has 0 atom stereocenters. The molecule has 0 N–H and O–H groups in total. The zero-order valence-corrected chi connectivity index (χ0v) is 11.5. The van der Waals surface area contributed by atoms with Gasteiger partial charge >= 0.3 is 5.97 Å². The number of methoxy groups -OCH3 is 1. The van der Waals surface area contributed by atoms with E-state index in [1.165, 1.54) is 19.2 Å². The Balaban J connectivity index is 3.43. The average Bonchev–Trinajstić information content (AvgIpc) is 2.36. The van der Waals surface area contributed by atoms with E-state index < -0.39 is 10.9 Å². The lowest BCUT2D eigenvalue weighted by molar-refractivity contribution is -0.385. The Labute approximate surface area is 112 Å². The maximum atomic E-state index is 11.7. The summed E-state index contributed by atoms with van der Waals surface area (Å²) in [6.07, 6.45) is 0. The SMILES string of the molecule is CCOC(=O)c1cc(OC)cc(CBr)c1[N+](=O)[O-]. The van der Waals surface area contributed by atoms with Crippen molar-refractivity contribution in [1.82, 2.24) is 0 Å². The number of hydrogen-bond acceptors (Lipinski definition) is 5. The predicted octanol–water partition coefficient (Wildman–Crippen LogP) is 2.68. The molecule has 0 amide bonds. The Morgan fingerprint density at radius 3 is 2.61 bits per heavy atom. The van der Waals surface area contributed by atoms with E-state index in [1.54, 1.807) is 6.92 Å². The van der Waals surface area contributed by atoms with E-state index in [4.69, 9.17) is 9.47 Å². The van der Waals surface area contributed by atoms with Crippen molar-refractivity contribution in [2.75, 3.05) is 13.7 Å². The minimum absolute atomic E-state index is 0.101. The first kappa shape index (κ1) is 14.4. The van der Waals surface area contributed by atoms with Crippen molar-refractivity contribution in [3.63, 3.8) is 0 Å². The Morgan fingerprint density at radius 1 is 1.50 bits per heavy atom. The Kier molecular flexibility index (Phi) is 5.08. The summed E-state index contributed by atoms with van der Waals surface area (Å²) in [5.41, 5.74) is 0.00387.